The highest BCUT2D eigenvalue weighted by Crippen LogP contribution is 2.36. The van der Waals surface area contributed by atoms with Crippen molar-refractivity contribution in [1.29, 1.82) is 0 Å². The molecule has 1 aliphatic heterocycles. The number of ketones is 1. The lowest BCUT2D eigenvalue weighted by molar-refractivity contribution is -0.114. The van der Waals surface area contributed by atoms with Crippen molar-refractivity contribution in [1.82, 2.24) is 0 Å². The number of benzene rings is 1. The zero-order valence-electron chi connectivity index (χ0n) is 9.52. The second kappa shape index (κ2) is 4.85. The van der Waals surface area contributed by atoms with Crippen LogP contribution in [0.1, 0.15) is 15.2 Å². The zero-order valence-corrected chi connectivity index (χ0v) is 13.5. The van der Waals surface area contributed by atoms with E-state index in [4.69, 9.17) is 0 Å². The number of rotatable bonds is 2. The first kappa shape index (κ1) is 13.0. The van der Waals surface area contributed by atoms with E-state index in [2.05, 4.69) is 31.9 Å². The summed E-state index contributed by atoms with van der Waals surface area (Å²) < 4.78 is 1.67. The third kappa shape index (κ3) is 2.17. The summed E-state index contributed by atoms with van der Waals surface area (Å²) in [5, 5.41) is 0. The van der Waals surface area contributed by atoms with Gasteiger partial charge in [0.1, 0.15) is 0 Å². The number of hydrogen-bond acceptors (Lipinski definition) is 3. The number of halogens is 2. The Kier molecular flexibility index (Phi) is 3.32. The second-order valence-electron chi connectivity index (χ2n) is 4.06. The number of carbonyl (C=O) groups is 2. The van der Waals surface area contributed by atoms with Crippen molar-refractivity contribution in [2.75, 3.05) is 4.90 Å². The Morgan fingerprint density at radius 1 is 1.11 bits per heavy atom. The maximum Gasteiger partial charge on any atom is 0.299 e. The summed E-state index contributed by atoms with van der Waals surface area (Å²) in [5.74, 6) is -0.912. The van der Waals surface area contributed by atoms with Crippen molar-refractivity contribution < 1.29 is 9.59 Å². The topological polar surface area (TPSA) is 37.4 Å². The predicted octanol–water partition coefficient (Wildman–Crippen LogP) is 4.00. The summed E-state index contributed by atoms with van der Waals surface area (Å²) in [7, 11) is 0. The van der Waals surface area contributed by atoms with Gasteiger partial charge in [0.2, 0.25) is 0 Å². The average Bonchev–Trinajstić information content (AvgIpc) is 2.88. The number of fused-ring (bicyclic) bond motifs is 1. The summed E-state index contributed by atoms with van der Waals surface area (Å²) in [6.45, 7) is 0.421. The molecule has 6 heteroatoms. The summed E-state index contributed by atoms with van der Waals surface area (Å²) >= 11 is 8.28. The second-order valence-corrected chi connectivity index (χ2v) is 7.46. The van der Waals surface area contributed by atoms with E-state index in [1.807, 2.05) is 18.2 Å². The van der Waals surface area contributed by atoms with Crippen LogP contribution in [0.2, 0.25) is 0 Å². The van der Waals surface area contributed by atoms with Crippen LogP contribution in [0.5, 0.6) is 0 Å². The third-order valence-corrected chi connectivity index (χ3v) is 5.16. The van der Waals surface area contributed by atoms with Crippen LogP contribution >= 0.6 is 43.2 Å². The van der Waals surface area contributed by atoms with E-state index >= 15 is 0 Å². The van der Waals surface area contributed by atoms with E-state index in [1.54, 1.807) is 23.5 Å². The Bertz CT molecular complexity index is 696. The maximum atomic E-state index is 12.1. The first-order chi connectivity index (χ1) is 9.08. The van der Waals surface area contributed by atoms with Gasteiger partial charge in [0.25, 0.3) is 11.7 Å². The van der Waals surface area contributed by atoms with Gasteiger partial charge in [0.15, 0.2) is 0 Å². The molecule has 1 amide bonds. The van der Waals surface area contributed by atoms with Crippen LogP contribution in [0.25, 0.3) is 0 Å². The summed E-state index contributed by atoms with van der Waals surface area (Å²) in [4.78, 5) is 26.6. The molecule has 96 valence electrons. The smallest absolute Gasteiger partial charge is 0.299 e. The van der Waals surface area contributed by atoms with Crippen LogP contribution in [-0.4, -0.2) is 11.7 Å². The van der Waals surface area contributed by atoms with Crippen LogP contribution < -0.4 is 4.90 Å². The van der Waals surface area contributed by atoms with Crippen molar-refractivity contribution in [3.05, 3.63) is 49.0 Å². The molecule has 0 saturated heterocycles. The Balaban J connectivity index is 2.02. The Morgan fingerprint density at radius 3 is 2.58 bits per heavy atom. The van der Waals surface area contributed by atoms with Gasteiger partial charge in [-0.1, -0.05) is 6.07 Å². The van der Waals surface area contributed by atoms with E-state index in [0.29, 0.717) is 22.3 Å². The molecule has 0 fully saturated rings. The minimum absolute atomic E-state index is 0.421. The fourth-order valence-electron chi connectivity index (χ4n) is 2.05. The zero-order chi connectivity index (χ0) is 13.6. The molecule has 0 spiro atoms. The lowest BCUT2D eigenvalue weighted by Gasteiger charge is -2.15. The van der Waals surface area contributed by atoms with Crippen molar-refractivity contribution in [3.8, 4) is 0 Å². The molecule has 0 aliphatic carbocycles. The van der Waals surface area contributed by atoms with Crippen molar-refractivity contribution >= 4 is 60.6 Å². The molecule has 1 aromatic heterocycles. The maximum absolute atomic E-state index is 12.1. The van der Waals surface area contributed by atoms with Gasteiger partial charge in [-0.15, -0.1) is 11.3 Å². The number of Topliss-reactive ketones (excluding diaryl/α,β-unsaturated/α-hetero) is 1. The van der Waals surface area contributed by atoms with E-state index < -0.39 is 11.7 Å². The molecule has 0 bridgehead atoms. The van der Waals surface area contributed by atoms with Crippen LogP contribution in [0.15, 0.2) is 38.6 Å². The van der Waals surface area contributed by atoms with Gasteiger partial charge in [0, 0.05) is 9.35 Å². The highest BCUT2D eigenvalue weighted by Gasteiger charge is 2.37. The summed E-state index contributed by atoms with van der Waals surface area (Å²) in [6.07, 6.45) is 0. The van der Waals surface area contributed by atoms with E-state index in [0.717, 1.165) is 8.66 Å². The van der Waals surface area contributed by atoms with Gasteiger partial charge >= 0.3 is 0 Å². The van der Waals surface area contributed by atoms with Gasteiger partial charge in [-0.2, -0.15) is 0 Å². The highest BCUT2D eigenvalue weighted by molar-refractivity contribution is 9.11. The molecule has 2 aromatic rings. The number of thiophene rings is 1. The van der Waals surface area contributed by atoms with Gasteiger partial charge in [-0.25, -0.2) is 0 Å². The normalized spacial score (nSPS) is 14.1. The van der Waals surface area contributed by atoms with Gasteiger partial charge < -0.3 is 0 Å². The molecule has 0 N–H and O–H groups in total. The minimum Gasteiger partial charge on any atom is -0.299 e. The van der Waals surface area contributed by atoms with Crippen molar-refractivity contribution in [3.63, 3.8) is 0 Å². The summed E-state index contributed by atoms with van der Waals surface area (Å²) in [6, 6.07) is 9.28. The quantitative estimate of drug-likeness (QED) is 0.714. The van der Waals surface area contributed by atoms with Crippen LogP contribution in [0.4, 0.5) is 5.69 Å². The van der Waals surface area contributed by atoms with Crippen LogP contribution in [0, 0.1) is 0 Å². The van der Waals surface area contributed by atoms with E-state index in [1.165, 1.54) is 4.90 Å². The molecule has 1 aromatic carbocycles. The lowest BCUT2D eigenvalue weighted by atomic mass is 10.1. The number of hydrogen-bond donors (Lipinski definition) is 0. The SMILES string of the molecule is O=C1C(=O)N(Cc2ccc(Br)s2)c2cccc(Br)c21. The fraction of sp³-hybridized carbons (Fsp3) is 0.0769. The minimum atomic E-state index is -0.466. The van der Waals surface area contributed by atoms with E-state index in [9.17, 15) is 9.59 Å². The van der Waals surface area contributed by atoms with Gasteiger partial charge in [-0.3, -0.25) is 14.5 Å². The first-order valence-electron chi connectivity index (χ1n) is 5.47. The molecule has 1 aliphatic rings. The molecule has 0 saturated carbocycles. The highest BCUT2D eigenvalue weighted by atomic mass is 79.9. The lowest BCUT2D eigenvalue weighted by Crippen LogP contribution is -2.28. The molecule has 3 rings (SSSR count). The van der Waals surface area contributed by atoms with Gasteiger partial charge in [0.05, 0.1) is 21.6 Å². The van der Waals surface area contributed by atoms with Crippen molar-refractivity contribution in [2.24, 2.45) is 0 Å². The molecule has 0 atom stereocenters. The molecule has 19 heavy (non-hydrogen) atoms. The van der Waals surface area contributed by atoms with E-state index in [-0.39, 0.29) is 0 Å². The van der Waals surface area contributed by atoms with Crippen LogP contribution in [-0.2, 0) is 11.3 Å². The van der Waals surface area contributed by atoms with Crippen LogP contribution in [0.3, 0.4) is 0 Å². The Morgan fingerprint density at radius 2 is 1.89 bits per heavy atom. The third-order valence-electron chi connectivity index (χ3n) is 2.89. The molecule has 3 nitrogen and oxygen atoms in total. The number of amides is 1. The predicted molar refractivity (Wildman–Crippen MR) is 81.7 cm³/mol. The monoisotopic (exact) mass is 399 g/mol. The average molecular weight is 401 g/mol. The number of carbonyl (C=O) groups excluding carboxylic acids is 2. The fourth-order valence-corrected chi connectivity index (χ4v) is 4.06. The standard InChI is InChI=1S/C13H7Br2NO2S/c14-8-2-1-3-9-11(8)12(17)13(18)16(9)6-7-4-5-10(15)19-7/h1-5H,6H2. The molecule has 2 heterocycles. The molecule has 0 radical (unpaired) electrons. The molecule has 0 unspecified atom stereocenters. The molecular formula is C13H7Br2NO2S. The molecular weight excluding hydrogens is 394 g/mol. The largest absolute Gasteiger partial charge is 0.299 e. The number of anilines is 1. The summed E-state index contributed by atoms with van der Waals surface area (Å²) in [5.41, 5.74) is 1.14. The van der Waals surface area contributed by atoms with Gasteiger partial charge in [-0.05, 0) is 56.1 Å². The number of nitrogens with zero attached hydrogens (tertiary/aromatic N) is 1. The van der Waals surface area contributed by atoms with Crippen molar-refractivity contribution in [2.45, 2.75) is 6.54 Å². The first-order valence-corrected chi connectivity index (χ1v) is 7.87. The Hall–Kier alpha value is -0.980. The Labute approximate surface area is 130 Å².